The van der Waals surface area contributed by atoms with Crippen molar-refractivity contribution >= 4 is 11.5 Å². The number of likely N-dealkylation sites (tertiary alicyclic amines) is 1. The Hall–Kier alpha value is -2.77. The largest absolute Gasteiger partial charge is 0.493 e. The Morgan fingerprint density at radius 2 is 1.76 bits per heavy atom. The van der Waals surface area contributed by atoms with E-state index in [9.17, 15) is 0 Å². The maximum atomic E-state index is 5.52. The van der Waals surface area contributed by atoms with E-state index in [0.717, 1.165) is 74.5 Å². The maximum absolute atomic E-state index is 5.52. The molecule has 0 atom stereocenters. The molecule has 4 aliphatic heterocycles. The highest BCUT2D eigenvalue weighted by molar-refractivity contribution is 6.04. The molecule has 0 radical (unpaired) electrons. The summed E-state index contributed by atoms with van der Waals surface area (Å²) >= 11 is 0. The molecule has 5 rings (SSSR count). The van der Waals surface area contributed by atoms with Crippen LogP contribution >= 0.6 is 0 Å². The number of piperidine rings is 1. The first-order valence-electron chi connectivity index (χ1n) is 11.9. The van der Waals surface area contributed by atoms with Gasteiger partial charge in [0.05, 0.1) is 38.8 Å². The second-order valence-corrected chi connectivity index (χ2v) is 8.99. The van der Waals surface area contributed by atoms with Crippen LogP contribution in [0.1, 0.15) is 25.3 Å². The first kappa shape index (κ1) is 22.0. The van der Waals surface area contributed by atoms with Crippen molar-refractivity contribution < 1.29 is 14.2 Å². The molecule has 0 amide bonds. The highest BCUT2D eigenvalue weighted by Crippen LogP contribution is 2.33. The monoisotopic (exact) mass is 450 g/mol. The molecule has 0 spiro atoms. The third kappa shape index (κ3) is 4.52. The topological polar surface area (TPSA) is 49.8 Å². The molecule has 33 heavy (non-hydrogen) atoms. The molecule has 2 saturated heterocycles. The number of ether oxygens (including phenoxy) is 3. The Morgan fingerprint density at radius 1 is 1.00 bits per heavy atom. The van der Waals surface area contributed by atoms with Crippen LogP contribution in [0.25, 0.3) is 5.70 Å². The van der Waals surface area contributed by atoms with Crippen LogP contribution in [0.15, 0.2) is 52.8 Å². The molecule has 0 aromatic heterocycles. The summed E-state index contributed by atoms with van der Waals surface area (Å²) in [5.74, 6) is 2.47. The van der Waals surface area contributed by atoms with E-state index in [-0.39, 0.29) is 0 Å². The standard InChI is InChI=1S/C26H34N4O3/c1-19-16-22(28-9-6-21(7-10-28)29-12-14-33-15-13-29)18-30-11-8-23(27-26(19)30)20-4-5-24(31-2)25(17-20)32-3/h4-5,8,16-18,21H,6-7,9-15H2,1-3H3. The minimum atomic E-state index is 0.693. The van der Waals surface area contributed by atoms with Gasteiger partial charge in [0.2, 0.25) is 0 Å². The van der Waals surface area contributed by atoms with Crippen LogP contribution in [0.5, 0.6) is 11.5 Å². The van der Waals surface area contributed by atoms with E-state index in [1.165, 1.54) is 24.1 Å². The van der Waals surface area contributed by atoms with Gasteiger partial charge in [0.25, 0.3) is 0 Å². The lowest BCUT2D eigenvalue weighted by Gasteiger charge is -2.42. The van der Waals surface area contributed by atoms with Gasteiger partial charge in [0, 0.05) is 50.5 Å². The highest BCUT2D eigenvalue weighted by atomic mass is 16.5. The number of aliphatic imine (C=N–C) groups is 1. The van der Waals surface area contributed by atoms with E-state index in [4.69, 9.17) is 19.2 Å². The van der Waals surface area contributed by atoms with E-state index in [0.29, 0.717) is 6.04 Å². The smallest absolute Gasteiger partial charge is 0.161 e. The van der Waals surface area contributed by atoms with Crippen LogP contribution in [0.4, 0.5) is 0 Å². The number of rotatable bonds is 5. The normalized spacial score (nSPS) is 22.2. The number of fused-ring (bicyclic) bond motifs is 1. The SMILES string of the molecule is COc1ccc(C2=CCN3C=C(N4CCC(N5CCOCC5)CC4)C=C(C)C3=N2)cc1OC. The predicted molar refractivity (Wildman–Crippen MR) is 130 cm³/mol. The van der Waals surface area contributed by atoms with Gasteiger partial charge in [0.1, 0.15) is 5.84 Å². The van der Waals surface area contributed by atoms with Crippen molar-refractivity contribution in [1.29, 1.82) is 0 Å². The number of hydrogen-bond donors (Lipinski definition) is 0. The van der Waals surface area contributed by atoms with Gasteiger partial charge >= 0.3 is 0 Å². The Kier molecular flexibility index (Phi) is 6.42. The third-order valence-electron chi connectivity index (χ3n) is 7.06. The van der Waals surface area contributed by atoms with E-state index in [1.54, 1.807) is 14.2 Å². The van der Waals surface area contributed by atoms with Crippen molar-refractivity contribution in [3.63, 3.8) is 0 Å². The van der Waals surface area contributed by atoms with Gasteiger partial charge in [-0.2, -0.15) is 0 Å². The zero-order valence-electron chi connectivity index (χ0n) is 19.9. The van der Waals surface area contributed by atoms with Crippen LogP contribution in [0, 0.1) is 0 Å². The van der Waals surface area contributed by atoms with Gasteiger partial charge in [-0.25, -0.2) is 4.99 Å². The van der Waals surface area contributed by atoms with Crippen LogP contribution in [-0.4, -0.2) is 86.7 Å². The highest BCUT2D eigenvalue weighted by Gasteiger charge is 2.28. The lowest BCUT2D eigenvalue weighted by atomic mass is 10.0. The fraction of sp³-hybridized carbons (Fsp3) is 0.500. The molecule has 4 heterocycles. The lowest BCUT2D eigenvalue weighted by molar-refractivity contribution is 0.00359. The zero-order valence-corrected chi connectivity index (χ0v) is 19.9. The molecule has 1 aromatic rings. The molecular formula is C26H34N4O3. The minimum Gasteiger partial charge on any atom is -0.493 e. The van der Waals surface area contributed by atoms with Crippen LogP contribution in [0.3, 0.4) is 0 Å². The first-order chi connectivity index (χ1) is 16.2. The molecule has 0 aliphatic carbocycles. The molecule has 4 aliphatic rings. The second kappa shape index (κ2) is 9.61. The van der Waals surface area contributed by atoms with Crippen molar-refractivity contribution in [2.24, 2.45) is 4.99 Å². The fourth-order valence-corrected chi connectivity index (χ4v) is 5.19. The average Bonchev–Trinajstić information content (AvgIpc) is 2.88. The summed E-state index contributed by atoms with van der Waals surface area (Å²) in [4.78, 5) is 12.4. The van der Waals surface area contributed by atoms with Crippen molar-refractivity contribution in [2.45, 2.75) is 25.8 Å². The van der Waals surface area contributed by atoms with Crippen molar-refractivity contribution in [3.05, 3.63) is 53.4 Å². The molecule has 7 heteroatoms. The van der Waals surface area contributed by atoms with E-state index >= 15 is 0 Å². The molecule has 2 fully saturated rings. The molecule has 1 aromatic carbocycles. The Balaban J connectivity index is 1.27. The number of nitrogens with zero attached hydrogens (tertiary/aromatic N) is 4. The molecule has 0 N–H and O–H groups in total. The number of hydrogen-bond acceptors (Lipinski definition) is 7. The summed E-state index contributed by atoms with van der Waals surface area (Å²) in [6, 6.07) is 6.66. The third-order valence-corrected chi connectivity index (χ3v) is 7.06. The van der Waals surface area contributed by atoms with Crippen LogP contribution in [-0.2, 0) is 4.74 Å². The molecule has 0 saturated carbocycles. The zero-order chi connectivity index (χ0) is 22.8. The Morgan fingerprint density at radius 3 is 2.48 bits per heavy atom. The average molecular weight is 451 g/mol. The quantitative estimate of drug-likeness (QED) is 0.686. The summed E-state index contributed by atoms with van der Waals surface area (Å²) in [6.45, 7) is 9.09. The first-order valence-corrected chi connectivity index (χ1v) is 11.9. The molecule has 7 nitrogen and oxygen atoms in total. The second-order valence-electron chi connectivity index (χ2n) is 8.99. The number of methoxy groups -OCH3 is 2. The minimum absolute atomic E-state index is 0.693. The van der Waals surface area contributed by atoms with Gasteiger partial charge < -0.3 is 24.0 Å². The van der Waals surface area contributed by atoms with E-state index in [1.807, 2.05) is 18.2 Å². The summed E-state index contributed by atoms with van der Waals surface area (Å²) in [5, 5.41) is 0. The molecule has 0 unspecified atom stereocenters. The summed E-state index contributed by atoms with van der Waals surface area (Å²) in [7, 11) is 3.31. The summed E-state index contributed by atoms with van der Waals surface area (Å²) in [6.07, 6.45) is 9.18. The number of morpholine rings is 1. The summed E-state index contributed by atoms with van der Waals surface area (Å²) < 4.78 is 16.4. The van der Waals surface area contributed by atoms with Crippen LogP contribution in [0.2, 0.25) is 0 Å². The summed E-state index contributed by atoms with van der Waals surface area (Å²) in [5.41, 5.74) is 4.51. The number of amidine groups is 1. The van der Waals surface area contributed by atoms with Gasteiger partial charge in [-0.05, 0) is 55.7 Å². The maximum Gasteiger partial charge on any atom is 0.161 e. The Labute approximate surface area is 196 Å². The van der Waals surface area contributed by atoms with Gasteiger partial charge in [-0.15, -0.1) is 0 Å². The molecular weight excluding hydrogens is 416 g/mol. The van der Waals surface area contributed by atoms with Crippen LogP contribution < -0.4 is 9.47 Å². The van der Waals surface area contributed by atoms with Crippen molar-refractivity contribution in [3.8, 4) is 11.5 Å². The Bertz CT molecular complexity index is 999. The van der Waals surface area contributed by atoms with Gasteiger partial charge in [-0.1, -0.05) is 0 Å². The van der Waals surface area contributed by atoms with Gasteiger partial charge in [0.15, 0.2) is 11.5 Å². The van der Waals surface area contributed by atoms with E-state index in [2.05, 4.69) is 40.0 Å². The predicted octanol–water partition coefficient (Wildman–Crippen LogP) is 3.36. The van der Waals surface area contributed by atoms with Gasteiger partial charge in [-0.3, -0.25) is 4.90 Å². The number of allylic oxidation sites excluding steroid dienone is 1. The van der Waals surface area contributed by atoms with E-state index < -0.39 is 0 Å². The van der Waals surface area contributed by atoms with Crippen molar-refractivity contribution in [2.75, 3.05) is 60.2 Å². The lowest BCUT2D eigenvalue weighted by Crippen LogP contribution is -2.49. The number of benzene rings is 1. The molecule has 176 valence electrons. The van der Waals surface area contributed by atoms with Crippen molar-refractivity contribution in [1.82, 2.24) is 14.7 Å². The molecule has 0 bridgehead atoms. The fourth-order valence-electron chi connectivity index (χ4n) is 5.19.